The Hall–Kier alpha value is -1.13. The van der Waals surface area contributed by atoms with Gasteiger partial charge in [-0.15, -0.1) is 0 Å². The van der Waals surface area contributed by atoms with E-state index in [0.29, 0.717) is 18.3 Å². The Balaban J connectivity index is 1.81. The van der Waals surface area contributed by atoms with E-state index in [9.17, 15) is 4.39 Å². The molecule has 1 fully saturated rings. The molecule has 17 heavy (non-hydrogen) atoms. The quantitative estimate of drug-likeness (QED) is 0.863. The maximum Gasteiger partial charge on any atom is 0.126 e. The van der Waals surface area contributed by atoms with Crippen molar-refractivity contribution >= 4 is 0 Å². The van der Waals surface area contributed by atoms with Gasteiger partial charge in [0, 0.05) is 18.7 Å². The van der Waals surface area contributed by atoms with Crippen molar-refractivity contribution in [2.24, 2.45) is 11.7 Å². The highest BCUT2D eigenvalue weighted by atomic mass is 19.1. The van der Waals surface area contributed by atoms with Gasteiger partial charge in [-0.25, -0.2) is 4.39 Å². The summed E-state index contributed by atoms with van der Waals surface area (Å²) in [5.74, 6) is 0.747. The minimum Gasteiger partial charge on any atom is -0.492 e. The summed E-state index contributed by atoms with van der Waals surface area (Å²) in [5, 5.41) is 0. The van der Waals surface area contributed by atoms with Crippen LogP contribution < -0.4 is 10.5 Å². The van der Waals surface area contributed by atoms with Crippen molar-refractivity contribution in [1.82, 2.24) is 4.90 Å². The molecule has 1 heterocycles. The van der Waals surface area contributed by atoms with Crippen LogP contribution in [0.2, 0.25) is 0 Å². The Kier molecular flexibility index (Phi) is 3.97. The molecule has 2 atom stereocenters. The van der Waals surface area contributed by atoms with Crippen LogP contribution in [0, 0.1) is 11.7 Å². The third-order valence-electron chi connectivity index (χ3n) is 3.27. The second-order valence-corrected chi connectivity index (χ2v) is 4.74. The van der Waals surface area contributed by atoms with Gasteiger partial charge in [-0.05, 0) is 38.1 Å². The Morgan fingerprint density at radius 2 is 2.41 bits per heavy atom. The topological polar surface area (TPSA) is 38.5 Å². The molecule has 0 saturated carbocycles. The molecular formula is C13H19FN2O. The second-order valence-electron chi connectivity index (χ2n) is 4.74. The first-order chi connectivity index (χ1) is 8.15. The molecule has 1 aromatic rings. The molecule has 0 radical (unpaired) electrons. The summed E-state index contributed by atoms with van der Waals surface area (Å²) in [6.07, 6.45) is 1.12. The maximum absolute atomic E-state index is 12.9. The van der Waals surface area contributed by atoms with Crippen molar-refractivity contribution in [1.29, 1.82) is 0 Å². The minimum absolute atomic E-state index is 0.0169. The van der Waals surface area contributed by atoms with E-state index in [0.717, 1.165) is 19.5 Å². The largest absolute Gasteiger partial charge is 0.492 e. The van der Waals surface area contributed by atoms with Gasteiger partial charge in [0.05, 0.1) is 0 Å². The Morgan fingerprint density at radius 3 is 3.06 bits per heavy atom. The molecule has 1 saturated heterocycles. The standard InChI is InChI=1S/C13H19FN2O/c1-16-6-5-10(8-16)13(15)9-17-12-4-2-3-11(14)7-12/h2-4,7,10,13H,5-6,8-9,15H2,1H3. The Morgan fingerprint density at radius 1 is 1.59 bits per heavy atom. The molecular weight excluding hydrogens is 219 g/mol. The fraction of sp³-hybridized carbons (Fsp3) is 0.538. The number of nitrogens with two attached hydrogens (primary N) is 1. The number of halogens is 1. The normalized spacial score (nSPS) is 22.6. The number of hydrogen-bond donors (Lipinski definition) is 1. The van der Waals surface area contributed by atoms with Gasteiger partial charge in [-0.2, -0.15) is 0 Å². The van der Waals surface area contributed by atoms with Crippen LogP contribution in [0.5, 0.6) is 5.75 Å². The lowest BCUT2D eigenvalue weighted by Crippen LogP contribution is -2.37. The van der Waals surface area contributed by atoms with Gasteiger partial charge in [0.1, 0.15) is 18.2 Å². The SMILES string of the molecule is CN1CCC(C(N)COc2cccc(F)c2)C1. The summed E-state index contributed by atoms with van der Waals surface area (Å²) in [7, 11) is 2.10. The molecule has 1 aromatic carbocycles. The summed E-state index contributed by atoms with van der Waals surface area (Å²) in [6, 6.07) is 6.19. The van der Waals surface area contributed by atoms with Gasteiger partial charge >= 0.3 is 0 Å². The van der Waals surface area contributed by atoms with Crippen molar-refractivity contribution in [3.05, 3.63) is 30.1 Å². The monoisotopic (exact) mass is 238 g/mol. The molecule has 4 heteroatoms. The summed E-state index contributed by atoms with van der Waals surface area (Å²) in [5.41, 5.74) is 6.08. The van der Waals surface area contributed by atoms with Crippen molar-refractivity contribution in [2.75, 3.05) is 26.7 Å². The van der Waals surface area contributed by atoms with Crippen LogP contribution in [0.15, 0.2) is 24.3 Å². The van der Waals surface area contributed by atoms with Gasteiger partial charge in [0.25, 0.3) is 0 Å². The van der Waals surface area contributed by atoms with E-state index in [1.807, 2.05) is 0 Å². The Bertz CT molecular complexity index is 372. The fourth-order valence-corrected chi connectivity index (χ4v) is 2.20. The first-order valence-electron chi connectivity index (χ1n) is 5.97. The minimum atomic E-state index is -0.281. The highest BCUT2D eigenvalue weighted by molar-refractivity contribution is 5.22. The third kappa shape index (κ3) is 3.41. The number of benzene rings is 1. The highest BCUT2D eigenvalue weighted by Gasteiger charge is 2.25. The van der Waals surface area contributed by atoms with Crippen LogP contribution in [0.1, 0.15) is 6.42 Å². The number of nitrogens with zero attached hydrogens (tertiary/aromatic N) is 1. The second kappa shape index (κ2) is 5.47. The summed E-state index contributed by atoms with van der Waals surface area (Å²) in [4.78, 5) is 2.27. The van der Waals surface area contributed by atoms with Crippen LogP contribution in [0.3, 0.4) is 0 Å². The lowest BCUT2D eigenvalue weighted by atomic mass is 10.0. The number of likely N-dealkylation sites (tertiary alicyclic amines) is 1. The van der Waals surface area contributed by atoms with Gasteiger partial charge in [0.15, 0.2) is 0 Å². The van der Waals surface area contributed by atoms with Gasteiger partial charge in [0.2, 0.25) is 0 Å². The predicted octanol–water partition coefficient (Wildman–Crippen LogP) is 1.48. The summed E-state index contributed by atoms with van der Waals surface area (Å²) >= 11 is 0. The fourth-order valence-electron chi connectivity index (χ4n) is 2.20. The van der Waals surface area contributed by atoms with Crippen molar-refractivity contribution in [3.8, 4) is 5.75 Å². The van der Waals surface area contributed by atoms with Crippen molar-refractivity contribution < 1.29 is 9.13 Å². The van der Waals surface area contributed by atoms with Gasteiger partial charge in [-0.1, -0.05) is 6.07 Å². The molecule has 0 aromatic heterocycles. The van der Waals surface area contributed by atoms with Crippen molar-refractivity contribution in [3.63, 3.8) is 0 Å². The van der Waals surface area contributed by atoms with E-state index in [2.05, 4.69) is 11.9 Å². The van der Waals surface area contributed by atoms with E-state index < -0.39 is 0 Å². The van der Waals surface area contributed by atoms with Crippen LogP contribution in [0.4, 0.5) is 4.39 Å². The van der Waals surface area contributed by atoms with Gasteiger partial charge < -0.3 is 15.4 Å². The zero-order valence-corrected chi connectivity index (χ0v) is 10.1. The molecule has 3 nitrogen and oxygen atoms in total. The molecule has 1 aliphatic rings. The van der Waals surface area contributed by atoms with E-state index in [1.54, 1.807) is 12.1 Å². The molecule has 94 valence electrons. The Labute approximate surface area is 101 Å². The molecule has 2 unspecified atom stereocenters. The first kappa shape index (κ1) is 12.3. The molecule has 1 aliphatic heterocycles. The third-order valence-corrected chi connectivity index (χ3v) is 3.27. The number of rotatable bonds is 4. The average molecular weight is 238 g/mol. The maximum atomic E-state index is 12.9. The number of hydrogen-bond acceptors (Lipinski definition) is 3. The van der Waals surface area contributed by atoms with Crippen LogP contribution >= 0.6 is 0 Å². The van der Waals surface area contributed by atoms with E-state index in [1.165, 1.54) is 12.1 Å². The predicted molar refractivity (Wildman–Crippen MR) is 65.5 cm³/mol. The first-order valence-corrected chi connectivity index (χ1v) is 5.97. The molecule has 0 bridgehead atoms. The molecule has 2 N–H and O–H groups in total. The number of ether oxygens (including phenoxy) is 1. The molecule has 0 aliphatic carbocycles. The van der Waals surface area contributed by atoms with E-state index in [4.69, 9.17) is 10.5 Å². The van der Waals surface area contributed by atoms with Crippen LogP contribution in [-0.2, 0) is 0 Å². The van der Waals surface area contributed by atoms with Crippen LogP contribution in [0.25, 0.3) is 0 Å². The highest BCUT2D eigenvalue weighted by Crippen LogP contribution is 2.18. The lowest BCUT2D eigenvalue weighted by Gasteiger charge is -2.19. The summed E-state index contributed by atoms with van der Waals surface area (Å²) < 4.78 is 18.4. The van der Waals surface area contributed by atoms with Crippen LogP contribution in [-0.4, -0.2) is 37.7 Å². The van der Waals surface area contributed by atoms with Gasteiger partial charge in [-0.3, -0.25) is 0 Å². The lowest BCUT2D eigenvalue weighted by molar-refractivity contribution is 0.244. The van der Waals surface area contributed by atoms with E-state index >= 15 is 0 Å². The zero-order chi connectivity index (χ0) is 12.3. The molecule has 2 rings (SSSR count). The average Bonchev–Trinajstić information content (AvgIpc) is 2.73. The van der Waals surface area contributed by atoms with E-state index in [-0.39, 0.29) is 11.9 Å². The van der Waals surface area contributed by atoms with Crippen molar-refractivity contribution in [2.45, 2.75) is 12.5 Å². The smallest absolute Gasteiger partial charge is 0.126 e. The molecule has 0 spiro atoms. The zero-order valence-electron chi connectivity index (χ0n) is 10.1. The summed E-state index contributed by atoms with van der Waals surface area (Å²) in [6.45, 7) is 2.56. The molecule has 0 amide bonds.